The number of methoxy groups -OCH3 is 1. The molecule has 25 heavy (non-hydrogen) atoms. The van der Waals surface area contributed by atoms with Crippen molar-refractivity contribution < 1.29 is 13.9 Å². The number of carbonyl (C=O) groups excluding carboxylic acids is 1. The van der Waals surface area contributed by atoms with Gasteiger partial charge in [-0.2, -0.15) is 0 Å². The summed E-state index contributed by atoms with van der Waals surface area (Å²) in [6.07, 6.45) is 4.33. The van der Waals surface area contributed by atoms with Gasteiger partial charge in [-0.1, -0.05) is 30.3 Å². The fourth-order valence-electron chi connectivity index (χ4n) is 3.29. The molecular weight excluding hydrogens is 314 g/mol. The summed E-state index contributed by atoms with van der Waals surface area (Å²) in [6.45, 7) is 0. The molecule has 0 saturated heterocycles. The van der Waals surface area contributed by atoms with Crippen LogP contribution in [0.3, 0.4) is 0 Å². The average Bonchev–Trinajstić information content (AvgIpc) is 3.42. The molecule has 1 saturated carbocycles. The molecule has 4 rings (SSSR count). The first-order valence-electron chi connectivity index (χ1n) is 8.63. The summed E-state index contributed by atoms with van der Waals surface area (Å²) >= 11 is 0. The number of hydrogen-bond donors (Lipinski definition) is 1. The van der Waals surface area contributed by atoms with Crippen molar-refractivity contribution in [2.45, 2.75) is 25.3 Å². The number of rotatable bonds is 6. The lowest BCUT2D eigenvalue weighted by atomic mass is 10.0. The van der Waals surface area contributed by atoms with Crippen molar-refractivity contribution in [2.75, 3.05) is 7.11 Å². The monoisotopic (exact) mass is 335 g/mol. The van der Waals surface area contributed by atoms with Crippen LogP contribution < -0.4 is 10.1 Å². The van der Waals surface area contributed by atoms with Gasteiger partial charge in [-0.25, -0.2) is 0 Å². The van der Waals surface area contributed by atoms with Crippen LogP contribution in [0, 0.1) is 5.92 Å². The van der Waals surface area contributed by atoms with Crippen LogP contribution in [-0.4, -0.2) is 13.0 Å². The highest BCUT2D eigenvalue weighted by molar-refractivity contribution is 5.88. The summed E-state index contributed by atoms with van der Waals surface area (Å²) in [6, 6.07) is 16.0. The zero-order chi connectivity index (χ0) is 17.2. The van der Waals surface area contributed by atoms with Crippen molar-refractivity contribution in [1.82, 2.24) is 5.32 Å². The maximum absolute atomic E-state index is 12.6. The van der Waals surface area contributed by atoms with E-state index < -0.39 is 0 Å². The van der Waals surface area contributed by atoms with Crippen LogP contribution in [0.1, 0.15) is 30.0 Å². The van der Waals surface area contributed by atoms with E-state index in [-0.39, 0.29) is 11.9 Å². The van der Waals surface area contributed by atoms with Gasteiger partial charge in [0.25, 0.3) is 0 Å². The van der Waals surface area contributed by atoms with Gasteiger partial charge in [-0.15, -0.1) is 0 Å². The van der Waals surface area contributed by atoms with E-state index >= 15 is 0 Å². The normalized spacial score (nSPS) is 15.1. The Morgan fingerprint density at radius 3 is 2.76 bits per heavy atom. The summed E-state index contributed by atoms with van der Waals surface area (Å²) in [4.78, 5) is 12.6. The third-order valence-electron chi connectivity index (χ3n) is 4.78. The summed E-state index contributed by atoms with van der Waals surface area (Å²) < 4.78 is 10.8. The molecule has 0 radical (unpaired) electrons. The molecule has 1 fully saturated rings. The SMILES string of the molecule is COc1ccc2c(CC(=O)NC(c3ccccc3)C3CC3)coc2c1. The third kappa shape index (κ3) is 3.38. The first kappa shape index (κ1) is 15.8. The Hall–Kier alpha value is -2.75. The highest BCUT2D eigenvalue weighted by atomic mass is 16.5. The van der Waals surface area contributed by atoms with Gasteiger partial charge >= 0.3 is 0 Å². The molecule has 1 N–H and O–H groups in total. The summed E-state index contributed by atoms with van der Waals surface area (Å²) in [7, 11) is 1.63. The molecule has 0 bridgehead atoms. The first-order chi connectivity index (χ1) is 12.2. The second-order valence-electron chi connectivity index (χ2n) is 6.59. The fraction of sp³-hybridized carbons (Fsp3) is 0.286. The van der Waals surface area contributed by atoms with Crippen molar-refractivity contribution in [3.63, 3.8) is 0 Å². The van der Waals surface area contributed by atoms with E-state index in [1.807, 2.05) is 36.4 Å². The van der Waals surface area contributed by atoms with E-state index in [0.29, 0.717) is 12.3 Å². The molecule has 0 aliphatic heterocycles. The number of ether oxygens (including phenoxy) is 1. The quantitative estimate of drug-likeness (QED) is 0.732. The maximum Gasteiger partial charge on any atom is 0.225 e. The lowest BCUT2D eigenvalue weighted by Gasteiger charge is -2.18. The topological polar surface area (TPSA) is 51.5 Å². The predicted octanol–water partition coefficient (Wildman–Crippen LogP) is 4.25. The molecule has 0 spiro atoms. The molecule has 1 aliphatic rings. The second-order valence-corrected chi connectivity index (χ2v) is 6.59. The third-order valence-corrected chi connectivity index (χ3v) is 4.78. The molecular formula is C21H21NO3. The fourth-order valence-corrected chi connectivity index (χ4v) is 3.29. The van der Waals surface area contributed by atoms with E-state index in [1.54, 1.807) is 13.4 Å². The molecule has 1 aliphatic carbocycles. The van der Waals surface area contributed by atoms with Crippen molar-refractivity contribution in [2.24, 2.45) is 5.92 Å². The standard InChI is InChI=1S/C21H21NO3/c1-24-17-9-10-18-16(13-25-19(18)12-17)11-20(23)22-21(15-7-8-15)14-5-3-2-4-6-14/h2-6,9-10,12-13,15,21H,7-8,11H2,1H3,(H,22,23). The number of benzene rings is 2. The molecule has 128 valence electrons. The number of hydrogen-bond acceptors (Lipinski definition) is 3. The van der Waals surface area contributed by atoms with E-state index in [1.165, 1.54) is 18.4 Å². The molecule has 3 aromatic rings. The highest BCUT2D eigenvalue weighted by Gasteiger charge is 2.33. The summed E-state index contributed by atoms with van der Waals surface area (Å²) in [5, 5.41) is 4.17. The molecule has 1 heterocycles. The van der Waals surface area contributed by atoms with Gasteiger partial charge in [0.2, 0.25) is 5.91 Å². The van der Waals surface area contributed by atoms with Crippen LogP contribution in [-0.2, 0) is 11.2 Å². The Morgan fingerprint density at radius 2 is 2.04 bits per heavy atom. The zero-order valence-corrected chi connectivity index (χ0v) is 14.2. The lowest BCUT2D eigenvalue weighted by molar-refractivity contribution is -0.121. The Morgan fingerprint density at radius 1 is 1.24 bits per heavy atom. The van der Waals surface area contributed by atoms with E-state index in [0.717, 1.165) is 22.3 Å². The van der Waals surface area contributed by atoms with E-state index in [2.05, 4.69) is 17.4 Å². The van der Waals surface area contributed by atoms with Gasteiger partial charge in [0, 0.05) is 17.0 Å². The van der Waals surface area contributed by atoms with Crippen LogP contribution in [0.4, 0.5) is 0 Å². The van der Waals surface area contributed by atoms with Crippen molar-refractivity contribution in [3.8, 4) is 5.75 Å². The smallest absolute Gasteiger partial charge is 0.225 e. The Balaban J connectivity index is 1.50. The number of fused-ring (bicyclic) bond motifs is 1. The Labute approximate surface area is 146 Å². The van der Waals surface area contributed by atoms with Crippen LogP contribution in [0.15, 0.2) is 59.2 Å². The molecule has 1 aromatic heterocycles. The van der Waals surface area contributed by atoms with Crippen LogP contribution >= 0.6 is 0 Å². The Kier molecular flexibility index (Phi) is 4.18. The van der Waals surface area contributed by atoms with Gasteiger partial charge in [-0.3, -0.25) is 4.79 Å². The van der Waals surface area contributed by atoms with E-state index in [4.69, 9.17) is 9.15 Å². The zero-order valence-electron chi connectivity index (χ0n) is 14.2. The largest absolute Gasteiger partial charge is 0.497 e. The van der Waals surface area contributed by atoms with Gasteiger partial charge in [0.1, 0.15) is 11.3 Å². The van der Waals surface area contributed by atoms with Crippen molar-refractivity contribution >= 4 is 16.9 Å². The average molecular weight is 335 g/mol. The number of furan rings is 1. The molecule has 4 nitrogen and oxygen atoms in total. The maximum atomic E-state index is 12.6. The van der Waals surface area contributed by atoms with Crippen LogP contribution in [0.5, 0.6) is 5.75 Å². The van der Waals surface area contributed by atoms with Crippen LogP contribution in [0.25, 0.3) is 11.0 Å². The molecule has 2 aromatic carbocycles. The van der Waals surface area contributed by atoms with E-state index in [9.17, 15) is 4.79 Å². The second kappa shape index (κ2) is 6.63. The molecule has 1 unspecified atom stereocenters. The summed E-state index contributed by atoms with van der Waals surface area (Å²) in [5.74, 6) is 1.33. The van der Waals surface area contributed by atoms with Gasteiger partial charge in [0.15, 0.2) is 0 Å². The minimum Gasteiger partial charge on any atom is -0.497 e. The van der Waals surface area contributed by atoms with Gasteiger partial charge in [-0.05, 0) is 36.5 Å². The van der Waals surface area contributed by atoms with Crippen LogP contribution in [0.2, 0.25) is 0 Å². The minimum atomic E-state index is 0.0271. The molecule has 1 amide bonds. The highest BCUT2D eigenvalue weighted by Crippen LogP contribution is 2.41. The minimum absolute atomic E-state index is 0.0271. The Bertz CT molecular complexity index is 881. The first-order valence-corrected chi connectivity index (χ1v) is 8.63. The molecule has 4 heteroatoms. The van der Waals surface area contributed by atoms with Gasteiger partial charge in [0.05, 0.1) is 25.8 Å². The number of nitrogens with one attached hydrogen (secondary N) is 1. The van der Waals surface area contributed by atoms with Crippen molar-refractivity contribution in [1.29, 1.82) is 0 Å². The molecule has 1 atom stereocenters. The number of carbonyl (C=O) groups is 1. The summed E-state index contributed by atoms with van der Waals surface area (Å²) in [5.41, 5.74) is 2.82. The lowest BCUT2D eigenvalue weighted by Crippen LogP contribution is -2.31. The number of amides is 1. The van der Waals surface area contributed by atoms with Crippen molar-refractivity contribution in [3.05, 3.63) is 65.9 Å². The van der Waals surface area contributed by atoms with Gasteiger partial charge < -0.3 is 14.5 Å². The predicted molar refractivity (Wildman–Crippen MR) is 96.5 cm³/mol.